The number of hydrogen-bond donors (Lipinski definition) is 3. The first-order valence-electron chi connectivity index (χ1n) is 15.0. The lowest BCUT2D eigenvalue weighted by molar-refractivity contribution is -0.141. The normalized spacial score (nSPS) is 17.8. The molecule has 0 radical (unpaired) electrons. The number of likely N-dealkylation sites (tertiary alicyclic amines) is 1. The number of imidazole rings is 1. The molecule has 4 atom stereocenters. The van der Waals surface area contributed by atoms with Gasteiger partial charge < -0.3 is 25.4 Å². The highest BCUT2D eigenvalue weighted by Crippen LogP contribution is 2.37. The van der Waals surface area contributed by atoms with E-state index in [0.717, 1.165) is 23.1 Å². The molecule has 3 N–H and O–H groups in total. The van der Waals surface area contributed by atoms with Crippen LogP contribution in [-0.4, -0.2) is 76.3 Å². The zero-order valence-electron chi connectivity index (χ0n) is 25.5. The Morgan fingerprint density at radius 1 is 1.07 bits per heavy atom. The molecule has 1 aliphatic heterocycles. The molecule has 44 heavy (non-hydrogen) atoms. The lowest BCUT2D eigenvalue weighted by Crippen LogP contribution is -2.57. The Hall–Kier alpha value is -4.57. The molecule has 2 heterocycles. The minimum absolute atomic E-state index is 0.0203. The predicted octanol–water partition coefficient (Wildman–Crippen LogP) is 4.21. The van der Waals surface area contributed by atoms with Gasteiger partial charge in [-0.1, -0.05) is 54.6 Å². The second-order valence-electron chi connectivity index (χ2n) is 11.5. The quantitative estimate of drug-likeness (QED) is 0.253. The van der Waals surface area contributed by atoms with E-state index in [-0.39, 0.29) is 48.6 Å². The number of rotatable bonds is 10. The number of carbonyl (C=O) groups excluding carboxylic acids is 3. The molecular formula is C34H39FN6O3. The van der Waals surface area contributed by atoms with Crippen molar-refractivity contribution in [1.29, 1.82) is 0 Å². The largest absolute Gasteiger partial charge is 0.343 e. The summed E-state index contributed by atoms with van der Waals surface area (Å²) in [5, 5.41) is 5.81. The van der Waals surface area contributed by atoms with Crippen molar-refractivity contribution in [3.8, 4) is 11.1 Å². The summed E-state index contributed by atoms with van der Waals surface area (Å²) in [6.07, 6.45) is 1.62. The number of para-hydroxylation sites is 1. The van der Waals surface area contributed by atoms with E-state index in [1.165, 1.54) is 17.0 Å². The molecule has 1 aromatic heterocycles. The van der Waals surface area contributed by atoms with Gasteiger partial charge in [0.05, 0.1) is 29.5 Å². The van der Waals surface area contributed by atoms with Crippen LogP contribution in [0.15, 0.2) is 72.8 Å². The number of H-pyrrole nitrogens is 1. The number of aromatic amines is 1. The van der Waals surface area contributed by atoms with E-state index in [0.29, 0.717) is 23.3 Å². The standard InChI is InChI=1S/C34H39FN6O3/c1-21-16-17-29(32-37-27-15-9-14-26(31(27)39-32)24-12-8-13-25(35)19-24)41(21)34(44)28(38-33(43)22(2)36-3)20-40(4)30(42)18-23-10-6-5-7-11-23/h5-15,19,21-22,28-29,36H,16-18,20H2,1-4H3,(H,37,39)(H,38,43)/t21?,22-,28-,29-/m0/s1. The minimum Gasteiger partial charge on any atom is -0.343 e. The van der Waals surface area contributed by atoms with Crippen LogP contribution in [0.4, 0.5) is 4.39 Å². The fraction of sp³-hybridized carbons (Fsp3) is 0.353. The van der Waals surface area contributed by atoms with Gasteiger partial charge in [-0.05, 0) is 63.1 Å². The van der Waals surface area contributed by atoms with Gasteiger partial charge in [-0.25, -0.2) is 9.37 Å². The second-order valence-corrected chi connectivity index (χ2v) is 11.5. The smallest absolute Gasteiger partial charge is 0.247 e. The van der Waals surface area contributed by atoms with Gasteiger partial charge >= 0.3 is 0 Å². The summed E-state index contributed by atoms with van der Waals surface area (Å²) in [6.45, 7) is 3.72. The van der Waals surface area contributed by atoms with E-state index >= 15 is 0 Å². The van der Waals surface area contributed by atoms with Crippen LogP contribution >= 0.6 is 0 Å². The summed E-state index contributed by atoms with van der Waals surface area (Å²) in [5.41, 5.74) is 3.85. The highest BCUT2D eigenvalue weighted by molar-refractivity contribution is 5.93. The number of fused-ring (bicyclic) bond motifs is 1. The molecule has 9 nitrogen and oxygen atoms in total. The first kappa shape index (κ1) is 30.9. The van der Waals surface area contributed by atoms with Crippen molar-refractivity contribution in [2.45, 2.75) is 57.3 Å². The van der Waals surface area contributed by atoms with Crippen LogP contribution in [0, 0.1) is 5.82 Å². The number of likely N-dealkylation sites (N-methyl/N-ethyl adjacent to an activating group) is 2. The number of aromatic nitrogens is 2. The Morgan fingerprint density at radius 3 is 2.55 bits per heavy atom. The average Bonchev–Trinajstić information content (AvgIpc) is 3.63. The maximum Gasteiger partial charge on any atom is 0.247 e. The van der Waals surface area contributed by atoms with E-state index in [4.69, 9.17) is 4.98 Å². The van der Waals surface area contributed by atoms with Gasteiger partial charge in [0.25, 0.3) is 0 Å². The lowest BCUT2D eigenvalue weighted by atomic mass is 10.0. The Kier molecular flexibility index (Phi) is 9.39. The van der Waals surface area contributed by atoms with Crippen molar-refractivity contribution < 1.29 is 18.8 Å². The molecule has 230 valence electrons. The van der Waals surface area contributed by atoms with Gasteiger partial charge in [-0.3, -0.25) is 14.4 Å². The van der Waals surface area contributed by atoms with Gasteiger partial charge in [-0.2, -0.15) is 0 Å². The van der Waals surface area contributed by atoms with Gasteiger partial charge in [0, 0.05) is 25.2 Å². The molecule has 1 saturated heterocycles. The fourth-order valence-electron chi connectivity index (χ4n) is 5.80. The summed E-state index contributed by atoms with van der Waals surface area (Å²) in [6, 6.07) is 19.5. The lowest BCUT2D eigenvalue weighted by Gasteiger charge is -2.33. The van der Waals surface area contributed by atoms with Gasteiger partial charge in [0.2, 0.25) is 17.7 Å². The van der Waals surface area contributed by atoms with E-state index in [2.05, 4.69) is 15.6 Å². The van der Waals surface area contributed by atoms with Crippen molar-refractivity contribution >= 4 is 28.8 Å². The molecule has 3 aromatic carbocycles. The van der Waals surface area contributed by atoms with E-state index < -0.39 is 12.1 Å². The van der Waals surface area contributed by atoms with Crippen molar-refractivity contribution in [3.05, 3.63) is 90.0 Å². The zero-order chi connectivity index (χ0) is 31.4. The predicted molar refractivity (Wildman–Crippen MR) is 168 cm³/mol. The Labute approximate surface area is 256 Å². The third-order valence-corrected chi connectivity index (χ3v) is 8.43. The molecule has 0 aliphatic carbocycles. The van der Waals surface area contributed by atoms with E-state index in [1.54, 1.807) is 32.0 Å². The molecule has 4 aromatic rings. The summed E-state index contributed by atoms with van der Waals surface area (Å²) in [4.78, 5) is 52.1. The summed E-state index contributed by atoms with van der Waals surface area (Å²) < 4.78 is 14.0. The van der Waals surface area contributed by atoms with Crippen LogP contribution in [0.3, 0.4) is 0 Å². The molecule has 0 spiro atoms. The molecule has 1 unspecified atom stereocenters. The fourth-order valence-corrected chi connectivity index (χ4v) is 5.80. The van der Waals surface area contributed by atoms with Gasteiger partial charge in [0.15, 0.2) is 0 Å². The molecular weight excluding hydrogens is 559 g/mol. The minimum atomic E-state index is -0.960. The van der Waals surface area contributed by atoms with Crippen molar-refractivity contribution in [2.75, 3.05) is 20.6 Å². The van der Waals surface area contributed by atoms with E-state index in [1.807, 2.05) is 61.5 Å². The molecule has 3 amide bonds. The number of hydrogen-bond acceptors (Lipinski definition) is 5. The van der Waals surface area contributed by atoms with Crippen LogP contribution < -0.4 is 10.6 Å². The van der Waals surface area contributed by atoms with Crippen molar-refractivity contribution in [2.24, 2.45) is 0 Å². The first-order valence-corrected chi connectivity index (χ1v) is 15.0. The monoisotopic (exact) mass is 598 g/mol. The molecule has 10 heteroatoms. The molecule has 0 bridgehead atoms. The summed E-state index contributed by atoms with van der Waals surface area (Å²) in [5.74, 6) is -0.463. The van der Waals surface area contributed by atoms with Crippen molar-refractivity contribution in [3.63, 3.8) is 0 Å². The molecule has 1 aliphatic rings. The van der Waals surface area contributed by atoms with Gasteiger partial charge in [0.1, 0.15) is 17.7 Å². The van der Waals surface area contributed by atoms with Crippen molar-refractivity contribution in [1.82, 2.24) is 30.4 Å². The Bertz CT molecular complexity index is 1640. The van der Waals surface area contributed by atoms with Gasteiger partial charge in [-0.15, -0.1) is 0 Å². The topological polar surface area (TPSA) is 110 Å². The average molecular weight is 599 g/mol. The SMILES string of the molecule is CN[C@@H](C)C(=O)N[C@@H](CN(C)C(=O)Cc1ccccc1)C(=O)N1C(C)CC[C@H]1c1nc2c(-c3cccc(F)c3)cccc2[nH]1. The number of halogens is 1. The maximum absolute atomic E-state index is 14.3. The maximum atomic E-state index is 14.3. The number of benzene rings is 3. The number of nitrogens with zero attached hydrogens (tertiary/aromatic N) is 3. The highest BCUT2D eigenvalue weighted by atomic mass is 19.1. The van der Waals surface area contributed by atoms with Crippen LogP contribution in [0.1, 0.15) is 44.1 Å². The highest BCUT2D eigenvalue weighted by Gasteiger charge is 2.41. The second kappa shape index (κ2) is 13.4. The van der Waals surface area contributed by atoms with Crippen LogP contribution in [0.2, 0.25) is 0 Å². The van der Waals surface area contributed by atoms with Crippen LogP contribution in [-0.2, 0) is 20.8 Å². The van der Waals surface area contributed by atoms with Crippen LogP contribution in [0.5, 0.6) is 0 Å². The zero-order valence-corrected chi connectivity index (χ0v) is 25.5. The molecule has 5 rings (SSSR count). The number of amides is 3. The summed E-state index contributed by atoms with van der Waals surface area (Å²) >= 11 is 0. The molecule has 1 fully saturated rings. The van der Waals surface area contributed by atoms with E-state index in [9.17, 15) is 18.8 Å². The third kappa shape index (κ3) is 6.65. The first-order chi connectivity index (χ1) is 21.2. The Balaban J connectivity index is 1.43. The Morgan fingerprint density at radius 2 is 1.82 bits per heavy atom. The number of nitrogens with one attached hydrogen (secondary N) is 3. The third-order valence-electron chi connectivity index (χ3n) is 8.43. The van der Waals surface area contributed by atoms with Crippen LogP contribution in [0.25, 0.3) is 22.2 Å². The number of carbonyl (C=O) groups is 3. The molecule has 0 saturated carbocycles. The summed E-state index contributed by atoms with van der Waals surface area (Å²) in [7, 11) is 3.33.